The van der Waals surface area contributed by atoms with Crippen LogP contribution in [-0.4, -0.2) is 29.1 Å². The van der Waals surface area contributed by atoms with E-state index in [9.17, 15) is 13.2 Å². The first-order chi connectivity index (χ1) is 16.3. The van der Waals surface area contributed by atoms with Crippen molar-refractivity contribution in [1.82, 2.24) is 24.8 Å². The Hall–Kier alpha value is -3.82. The minimum absolute atomic E-state index is 0.0454. The van der Waals surface area contributed by atoms with E-state index in [-0.39, 0.29) is 23.4 Å². The molecule has 9 heteroatoms. The van der Waals surface area contributed by atoms with Gasteiger partial charge >= 0.3 is 0 Å². The summed E-state index contributed by atoms with van der Waals surface area (Å²) in [6, 6.07) is 21.1. The molecule has 2 N–H and O–H groups in total. The summed E-state index contributed by atoms with van der Waals surface area (Å²) in [7, 11) is -3.78. The fourth-order valence-corrected chi connectivity index (χ4v) is 4.53. The molecule has 34 heavy (non-hydrogen) atoms. The van der Waals surface area contributed by atoms with E-state index in [0.717, 1.165) is 16.8 Å². The summed E-state index contributed by atoms with van der Waals surface area (Å²) in [5, 5.41) is 7.05. The molecule has 1 heterocycles. The molecule has 1 aromatic heterocycles. The lowest BCUT2D eigenvalue weighted by Crippen LogP contribution is -2.28. The molecule has 4 aromatic rings. The first-order valence-electron chi connectivity index (χ1n) is 10.7. The van der Waals surface area contributed by atoms with Gasteiger partial charge in [0, 0.05) is 12.1 Å². The number of hydrogen-bond donors (Lipinski definition) is 2. The van der Waals surface area contributed by atoms with Crippen molar-refractivity contribution in [1.29, 1.82) is 0 Å². The average Bonchev–Trinajstić information content (AvgIpc) is 3.39. The van der Waals surface area contributed by atoms with Gasteiger partial charge in [0.05, 0.1) is 16.6 Å². The normalized spacial score (nSPS) is 12.3. The minimum Gasteiger partial charge on any atom is -0.346 e. The second kappa shape index (κ2) is 9.98. The van der Waals surface area contributed by atoms with Gasteiger partial charge in [-0.3, -0.25) is 4.79 Å². The third-order valence-corrected chi connectivity index (χ3v) is 6.90. The van der Waals surface area contributed by atoms with Gasteiger partial charge in [-0.2, -0.15) is 5.10 Å². The molecule has 0 fully saturated rings. The van der Waals surface area contributed by atoms with Crippen LogP contribution in [0.3, 0.4) is 0 Å². The van der Waals surface area contributed by atoms with Gasteiger partial charge in [-0.05, 0) is 54.8 Å². The predicted octanol–water partition coefficient (Wildman–Crippen LogP) is 3.55. The molecule has 1 amide bonds. The van der Waals surface area contributed by atoms with E-state index in [2.05, 4.69) is 20.1 Å². The minimum atomic E-state index is -3.78. The van der Waals surface area contributed by atoms with E-state index in [1.54, 1.807) is 24.0 Å². The molecule has 0 radical (unpaired) electrons. The highest BCUT2D eigenvalue weighted by molar-refractivity contribution is 7.89. The highest BCUT2D eigenvalue weighted by Gasteiger charge is 2.19. The van der Waals surface area contributed by atoms with Crippen LogP contribution in [0.15, 0.2) is 90.3 Å². The number of aryl methyl sites for hydroxylation is 1. The summed E-state index contributed by atoms with van der Waals surface area (Å²) in [4.78, 5) is 17.0. The molecule has 8 nitrogen and oxygen atoms in total. The highest BCUT2D eigenvalue weighted by atomic mass is 32.2. The SMILES string of the molecule is Cc1ccc(S(=O)(=O)NCc2ccccc2)cc1C(=O)NC(C)c1ccc(-n2cncn2)cc1. The fourth-order valence-electron chi connectivity index (χ4n) is 3.49. The molecular formula is C25H25N5O3S. The summed E-state index contributed by atoms with van der Waals surface area (Å²) in [5.41, 5.74) is 3.61. The van der Waals surface area contributed by atoms with Gasteiger partial charge in [-0.1, -0.05) is 48.5 Å². The molecule has 1 unspecified atom stereocenters. The molecule has 174 valence electrons. The van der Waals surface area contributed by atoms with Crippen LogP contribution in [0, 0.1) is 6.92 Å². The lowest BCUT2D eigenvalue weighted by atomic mass is 10.1. The quantitative estimate of drug-likeness (QED) is 0.405. The van der Waals surface area contributed by atoms with Crippen molar-refractivity contribution in [2.75, 3.05) is 0 Å². The molecule has 0 spiro atoms. The maximum absolute atomic E-state index is 13.0. The smallest absolute Gasteiger partial charge is 0.252 e. The summed E-state index contributed by atoms with van der Waals surface area (Å²) in [6.07, 6.45) is 3.07. The summed E-state index contributed by atoms with van der Waals surface area (Å²) in [5.74, 6) is -0.342. The molecule has 3 aromatic carbocycles. The number of benzene rings is 3. The molecule has 0 aliphatic carbocycles. The summed E-state index contributed by atoms with van der Waals surface area (Å²) < 4.78 is 29.9. The Morgan fingerprint density at radius 2 is 1.76 bits per heavy atom. The number of nitrogens with one attached hydrogen (secondary N) is 2. The van der Waals surface area contributed by atoms with Crippen LogP contribution >= 0.6 is 0 Å². The Morgan fingerprint density at radius 1 is 1.03 bits per heavy atom. The van der Waals surface area contributed by atoms with Gasteiger partial charge in [0.2, 0.25) is 10.0 Å². The van der Waals surface area contributed by atoms with Crippen LogP contribution in [0.25, 0.3) is 5.69 Å². The maximum Gasteiger partial charge on any atom is 0.252 e. The van der Waals surface area contributed by atoms with Crippen LogP contribution in [0.4, 0.5) is 0 Å². The third-order valence-electron chi connectivity index (χ3n) is 5.50. The molecule has 0 saturated carbocycles. The number of sulfonamides is 1. The zero-order valence-electron chi connectivity index (χ0n) is 18.8. The lowest BCUT2D eigenvalue weighted by molar-refractivity contribution is 0.0939. The molecule has 0 bridgehead atoms. The zero-order valence-corrected chi connectivity index (χ0v) is 19.7. The Kier molecular flexibility index (Phi) is 6.85. The standard InChI is InChI=1S/C25H25N5O3S/c1-18-8-13-23(34(32,33)28-15-20-6-4-3-5-7-20)14-24(18)25(31)29-19(2)21-9-11-22(12-10-21)30-17-26-16-27-30/h3-14,16-17,19,28H,15H2,1-2H3,(H,29,31). The van der Waals surface area contributed by atoms with Crippen molar-refractivity contribution in [3.63, 3.8) is 0 Å². The Balaban J connectivity index is 1.47. The van der Waals surface area contributed by atoms with Crippen LogP contribution in [0.1, 0.15) is 40.0 Å². The number of rotatable bonds is 8. The van der Waals surface area contributed by atoms with Crippen molar-refractivity contribution in [3.8, 4) is 5.69 Å². The molecule has 0 aliphatic rings. The number of amides is 1. The van der Waals surface area contributed by atoms with E-state index in [1.165, 1.54) is 18.5 Å². The summed E-state index contributed by atoms with van der Waals surface area (Å²) in [6.45, 7) is 3.82. The van der Waals surface area contributed by atoms with Crippen molar-refractivity contribution in [2.45, 2.75) is 31.3 Å². The van der Waals surface area contributed by atoms with E-state index >= 15 is 0 Å². The maximum atomic E-state index is 13.0. The number of carbonyl (C=O) groups is 1. The summed E-state index contributed by atoms with van der Waals surface area (Å²) >= 11 is 0. The van der Waals surface area contributed by atoms with Gasteiger partial charge in [-0.15, -0.1) is 0 Å². The van der Waals surface area contributed by atoms with Crippen LogP contribution < -0.4 is 10.0 Å². The Morgan fingerprint density at radius 3 is 2.44 bits per heavy atom. The van der Waals surface area contributed by atoms with Gasteiger partial charge in [0.15, 0.2) is 0 Å². The number of aromatic nitrogens is 3. The topological polar surface area (TPSA) is 106 Å². The van der Waals surface area contributed by atoms with E-state index in [0.29, 0.717) is 11.1 Å². The number of hydrogen-bond acceptors (Lipinski definition) is 5. The van der Waals surface area contributed by atoms with E-state index in [4.69, 9.17) is 0 Å². The molecule has 1 atom stereocenters. The van der Waals surface area contributed by atoms with Gasteiger partial charge in [0.25, 0.3) is 5.91 Å². The second-order valence-corrected chi connectivity index (χ2v) is 9.68. The van der Waals surface area contributed by atoms with E-state index < -0.39 is 10.0 Å². The first-order valence-corrected chi connectivity index (χ1v) is 12.2. The number of carbonyl (C=O) groups excluding carboxylic acids is 1. The van der Waals surface area contributed by atoms with Crippen molar-refractivity contribution in [2.24, 2.45) is 0 Å². The van der Waals surface area contributed by atoms with Crippen molar-refractivity contribution in [3.05, 3.63) is 108 Å². The zero-order chi connectivity index (χ0) is 24.1. The van der Waals surface area contributed by atoms with Gasteiger partial charge < -0.3 is 5.32 Å². The van der Waals surface area contributed by atoms with Crippen LogP contribution in [-0.2, 0) is 16.6 Å². The van der Waals surface area contributed by atoms with Crippen LogP contribution in [0.5, 0.6) is 0 Å². The average molecular weight is 476 g/mol. The van der Waals surface area contributed by atoms with E-state index in [1.807, 2.05) is 61.5 Å². The largest absolute Gasteiger partial charge is 0.346 e. The first kappa shape index (κ1) is 23.3. The molecular weight excluding hydrogens is 450 g/mol. The molecule has 0 saturated heterocycles. The monoisotopic (exact) mass is 475 g/mol. The second-order valence-electron chi connectivity index (χ2n) is 7.91. The van der Waals surface area contributed by atoms with Crippen LogP contribution in [0.2, 0.25) is 0 Å². The fraction of sp³-hybridized carbons (Fsp3) is 0.160. The molecule has 4 rings (SSSR count). The number of nitrogens with zero attached hydrogens (tertiary/aromatic N) is 3. The predicted molar refractivity (Wildman–Crippen MR) is 129 cm³/mol. The Bertz CT molecular complexity index is 1370. The highest BCUT2D eigenvalue weighted by Crippen LogP contribution is 2.19. The molecule has 0 aliphatic heterocycles. The lowest BCUT2D eigenvalue weighted by Gasteiger charge is -2.16. The van der Waals surface area contributed by atoms with Crippen molar-refractivity contribution < 1.29 is 13.2 Å². The Labute approximate surface area is 198 Å². The van der Waals surface area contributed by atoms with Gasteiger partial charge in [-0.25, -0.2) is 22.8 Å². The third kappa shape index (κ3) is 5.38. The van der Waals surface area contributed by atoms with Gasteiger partial charge in [0.1, 0.15) is 12.7 Å². The van der Waals surface area contributed by atoms with Crippen molar-refractivity contribution >= 4 is 15.9 Å².